The summed E-state index contributed by atoms with van der Waals surface area (Å²) in [6.45, 7) is 0.468. The normalized spacial score (nSPS) is 11.7. The van der Waals surface area contributed by atoms with Crippen LogP contribution in [0.2, 0.25) is 0 Å². The molecule has 0 saturated heterocycles. The number of ether oxygens (including phenoxy) is 2. The minimum Gasteiger partial charge on any atom is -0.489 e. The van der Waals surface area contributed by atoms with Crippen LogP contribution in [0.15, 0.2) is 54.6 Å². The number of carbonyl (C=O) groups excluding carboxylic acids is 1. The Kier molecular flexibility index (Phi) is 5.02. The zero-order chi connectivity index (χ0) is 14.4. The molecule has 1 atom stereocenters. The van der Waals surface area contributed by atoms with Gasteiger partial charge < -0.3 is 9.47 Å². The number of carbonyl (C=O) groups is 1. The fourth-order valence-corrected chi connectivity index (χ4v) is 1.97. The lowest BCUT2D eigenvalue weighted by atomic mass is 10.1. The summed E-state index contributed by atoms with van der Waals surface area (Å²) in [6.07, 6.45) is 0. The van der Waals surface area contributed by atoms with Crippen LogP contribution in [0, 0.1) is 0 Å². The molecule has 0 aromatic heterocycles. The molecule has 20 heavy (non-hydrogen) atoms. The molecule has 0 radical (unpaired) electrons. The van der Waals surface area contributed by atoms with E-state index in [0.717, 1.165) is 5.56 Å². The van der Waals surface area contributed by atoms with Gasteiger partial charge >= 0.3 is 5.97 Å². The molecule has 0 bridgehead atoms. The highest BCUT2D eigenvalue weighted by Crippen LogP contribution is 2.25. The van der Waals surface area contributed by atoms with E-state index < -0.39 is 11.3 Å². The van der Waals surface area contributed by atoms with Gasteiger partial charge in [-0.15, -0.1) is 11.6 Å². The number of benzene rings is 2. The first-order valence-corrected chi connectivity index (χ1v) is 6.63. The van der Waals surface area contributed by atoms with Crippen LogP contribution in [0.4, 0.5) is 0 Å². The Labute approximate surface area is 123 Å². The number of methoxy groups -OCH3 is 1. The van der Waals surface area contributed by atoms with E-state index in [9.17, 15) is 4.79 Å². The van der Waals surface area contributed by atoms with Crippen LogP contribution in [-0.2, 0) is 16.1 Å². The number of halogens is 1. The second-order valence-corrected chi connectivity index (χ2v) is 4.67. The van der Waals surface area contributed by atoms with Gasteiger partial charge in [-0.05, 0) is 23.3 Å². The molecule has 0 saturated carbocycles. The summed E-state index contributed by atoms with van der Waals surface area (Å²) in [6, 6.07) is 17.0. The maximum atomic E-state index is 11.4. The molecule has 3 nitrogen and oxygen atoms in total. The molecule has 4 heteroatoms. The highest BCUT2D eigenvalue weighted by atomic mass is 35.5. The number of rotatable bonds is 5. The largest absolute Gasteiger partial charge is 0.489 e. The van der Waals surface area contributed by atoms with Crippen LogP contribution >= 0.6 is 11.6 Å². The van der Waals surface area contributed by atoms with Crippen molar-refractivity contribution < 1.29 is 14.3 Å². The lowest BCUT2D eigenvalue weighted by Gasteiger charge is -2.10. The molecule has 2 aromatic carbocycles. The number of alkyl halides is 1. The summed E-state index contributed by atoms with van der Waals surface area (Å²) >= 11 is 6.02. The van der Waals surface area contributed by atoms with Gasteiger partial charge in [0.15, 0.2) is 5.38 Å². The molecule has 0 aliphatic carbocycles. The van der Waals surface area contributed by atoms with Crippen LogP contribution in [0.5, 0.6) is 5.75 Å². The van der Waals surface area contributed by atoms with E-state index in [1.807, 2.05) is 36.4 Å². The first-order chi connectivity index (χ1) is 9.70. The van der Waals surface area contributed by atoms with Gasteiger partial charge in [-0.2, -0.15) is 0 Å². The highest BCUT2D eigenvalue weighted by molar-refractivity contribution is 6.29. The zero-order valence-corrected chi connectivity index (χ0v) is 11.8. The van der Waals surface area contributed by atoms with Crippen LogP contribution in [0.1, 0.15) is 16.5 Å². The van der Waals surface area contributed by atoms with Crippen LogP contribution in [-0.4, -0.2) is 13.1 Å². The number of hydrogen-bond acceptors (Lipinski definition) is 3. The second kappa shape index (κ2) is 6.96. The Balaban J connectivity index is 2.04. The molecule has 0 N–H and O–H groups in total. The molecular weight excluding hydrogens is 276 g/mol. The van der Waals surface area contributed by atoms with Crippen molar-refractivity contribution >= 4 is 17.6 Å². The van der Waals surface area contributed by atoms with E-state index in [0.29, 0.717) is 17.9 Å². The van der Waals surface area contributed by atoms with Gasteiger partial charge in [0.25, 0.3) is 0 Å². The molecule has 2 rings (SSSR count). The molecule has 0 aliphatic heterocycles. The molecular formula is C16H15ClO3. The van der Waals surface area contributed by atoms with E-state index in [1.54, 1.807) is 18.2 Å². The van der Waals surface area contributed by atoms with E-state index in [1.165, 1.54) is 7.11 Å². The van der Waals surface area contributed by atoms with E-state index in [2.05, 4.69) is 4.74 Å². The van der Waals surface area contributed by atoms with Gasteiger partial charge in [0.2, 0.25) is 0 Å². The number of esters is 1. The van der Waals surface area contributed by atoms with Gasteiger partial charge in [0.1, 0.15) is 12.4 Å². The van der Waals surface area contributed by atoms with Crippen molar-refractivity contribution in [2.45, 2.75) is 12.0 Å². The predicted octanol–water partition coefficient (Wildman–Crippen LogP) is 3.72. The lowest BCUT2D eigenvalue weighted by Crippen LogP contribution is -2.08. The van der Waals surface area contributed by atoms with Crippen molar-refractivity contribution in [3.05, 3.63) is 65.7 Å². The fourth-order valence-electron chi connectivity index (χ4n) is 1.74. The van der Waals surface area contributed by atoms with E-state index in [4.69, 9.17) is 16.3 Å². The van der Waals surface area contributed by atoms with Gasteiger partial charge in [-0.1, -0.05) is 42.5 Å². The summed E-state index contributed by atoms with van der Waals surface area (Å²) in [7, 11) is 1.31. The Bertz CT molecular complexity index is 569. The van der Waals surface area contributed by atoms with E-state index in [-0.39, 0.29) is 0 Å². The third-order valence-electron chi connectivity index (χ3n) is 2.81. The Morgan fingerprint density at radius 1 is 1.15 bits per heavy atom. The van der Waals surface area contributed by atoms with Gasteiger partial charge in [0.05, 0.1) is 7.11 Å². The smallest absolute Gasteiger partial charge is 0.328 e. The average molecular weight is 291 g/mol. The first-order valence-electron chi connectivity index (χ1n) is 6.19. The topological polar surface area (TPSA) is 35.5 Å². The van der Waals surface area contributed by atoms with Crippen molar-refractivity contribution in [2.75, 3.05) is 7.11 Å². The van der Waals surface area contributed by atoms with Gasteiger partial charge in [-0.3, -0.25) is 4.79 Å². The van der Waals surface area contributed by atoms with Gasteiger partial charge in [0, 0.05) is 0 Å². The van der Waals surface area contributed by atoms with Gasteiger partial charge in [-0.25, -0.2) is 0 Å². The molecule has 0 aliphatic rings. The molecule has 0 spiro atoms. The van der Waals surface area contributed by atoms with E-state index >= 15 is 0 Å². The Morgan fingerprint density at radius 3 is 2.60 bits per heavy atom. The molecule has 2 aromatic rings. The second-order valence-electron chi connectivity index (χ2n) is 4.23. The summed E-state index contributed by atoms with van der Waals surface area (Å²) in [5.41, 5.74) is 1.73. The minimum atomic E-state index is -0.819. The fraction of sp³-hybridized carbons (Fsp3) is 0.188. The quantitative estimate of drug-likeness (QED) is 0.622. The maximum Gasteiger partial charge on any atom is 0.328 e. The lowest BCUT2D eigenvalue weighted by molar-refractivity contribution is -0.140. The van der Waals surface area contributed by atoms with Crippen molar-refractivity contribution in [1.29, 1.82) is 0 Å². The summed E-state index contributed by atoms with van der Waals surface area (Å²) in [5.74, 6) is 0.188. The molecule has 104 valence electrons. The standard InChI is InChI=1S/C16H15ClO3/c1-19-16(18)15(17)13-8-5-9-14(10-13)20-11-12-6-3-2-4-7-12/h2-10,15H,11H2,1H3. The molecule has 0 fully saturated rings. The van der Waals surface area contributed by atoms with Crippen molar-refractivity contribution in [3.8, 4) is 5.75 Å². The maximum absolute atomic E-state index is 11.4. The first kappa shape index (κ1) is 14.4. The van der Waals surface area contributed by atoms with Crippen LogP contribution < -0.4 is 4.74 Å². The highest BCUT2D eigenvalue weighted by Gasteiger charge is 2.18. The van der Waals surface area contributed by atoms with Crippen molar-refractivity contribution in [1.82, 2.24) is 0 Å². The summed E-state index contributed by atoms with van der Waals surface area (Å²) in [4.78, 5) is 11.4. The van der Waals surface area contributed by atoms with Crippen LogP contribution in [0.3, 0.4) is 0 Å². The third kappa shape index (κ3) is 3.75. The Morgan fingerprint density at radius 2 is 1.90 bits per heavy atom. The SMILES string of the molecule is COC(=O)C(Cl)c1cccc(OCc2ccccc2)c1. The summed E-state index contributed by atoms with van der Waals surface area (Å²) < 4.78 is 10.3. The zero-order valence-electron chi connectivity index (χ0n) is 11.1. The van der Waals surface area contributed by atoms with Crippen LogP contribution in [0.25, 0.3) is 0 Å². The Hall–Kier alpha value is -2.00. The minimum absolute atomic E-state index is 0.468. The molecule has 1 unspecified atom stereocenters. The molecule has 0 heterocycles. The molecule has 0 amide bonds. The number of hydrogen-bond donors (Lipinski definition) is 0. The van der Waals surface area contributed by atoms with Crippen molar-refractivity contribution in [2.24, 2.45) is 0 Å². The predicted molar refractivity (Wildman–Crippen MR) is 77.8 cm³/mol. The summed E-state index contributed by atoms with van der Waals surface area (Å²) in [5, 5.41) is -0.819. The third-order valence-corrected chi connectivity index (χ3v) is 3.24. The monoisotopic (exact) mass is 290 g/mol. The van der Waals surface area contributed by atoms with Crippen molar-refractivity contribution in [3.63, 3.8) is 0 Å². The average Bonchev–Trinajstić information content (AvgIpc) is 2.52.